The molecule has 0 spiro atoms. The van der Waals surface area contributed by atoms with Crippen molar-refractivity contribution in [3.05, 3.63) is 63.9 Å². The summed E-state index contributed by atoms with van der Waals surface area (Å²) in [6.07, 6.45) is -4.45. The van der Waals surface area contributed by atoms with E-state index in [-0.39, 0.29) is 17.9 Å². The van der Waals surface area contributed by atoms with Crippen molar-refractivity contribution in [2.24, 2.45) is 0 Å². The van der Waals surface area contributed by atoms with Gasteiger partial charge in [0, 0.05) is 15.6 Å². The molecule has 0 aliphatic rings. The van der Waals surface area contributed by atoms with Crippen molar-refractivity contribution in [2.75, 3.05) is 0 Å². The third-order valence-electron chi connectivity index (χ3n) is 3.23. The summed E-state index contributed by atoms with van der Waals surface area (Å²) in [5.41, 5.74) is -0.270. The Morgan fingerprint density at radius 1 is 1.08 bits per heavy atom. The number of rotatable bonds is 3. The molecule has 0 atom stereocenters. The molecular formula is C15H9BrF4N4. The molecule has 0 aliphatic carbocycles. The standard InChI is InChI=1S/C15H9BrF4N4/c16-12-5-4-10(13(17)7-12)8-24-22-14(21-23-24)9-2-1-3-11(6-9)15(18,19)20/h1-7H,8H2. The lowest BCUT2D eigenvalue weighted by molar-refractivity contribution is -0.137. The average molecular weight is 401 g/mol. The van der Waals surface area contributed by atoms with Crippen LogP contribution in [0.3, 0.4) is 0 Å². The molecule has 0 aliphatic heterocycles. The van der Waals surface area contributed by atoms with E-state index in [4.69, 9.17) is 0 Å². The Kier molecular flexibility index (Phi) is 4.35. The molecule has 0 bridgehead atoms. The molecule has 3 aromatic rings. The zero-order chi connectivity index (χ0) is 17.3. The fourth-order valence-electron chi connectivity index (χ4n) is 2.06. The fourth-order valence-corrected chi connectivity index (χ4v) is 2.40. The molecule has 9 heteroatoms. The second-order valence-corrected chi connectivity index (χ2v) is 5.87. The average Bonchev–Trinajstić information content (AvgIpc) is 2.98. The number of hydrogen-bond acceptors (Lipinski definition) is 3. The highest BCUT2D eigenvalue weighted by Crippen LogP contribution is 2.31. The van der Waals surface area contributed by atoms with Gasteiger partial charge in [0.2, 0.25) is 5.82 Å². The third-order valence-corrected chi connectivity index (χ3v) is 3.72. The Hall–Kier alpha value is -2.29. The minimum absolute atomic E-state index is 0.0189. The van der Waals surface area contributed by atoms with Gasteiger partial charge in [0.05, 0.1) is 12.1 Å². The van der Waals surface area contributed by atoms with Gasteiger partial charge in [-0.05, 0) is 29.5 Å². The van der Waals surface area contributed by atoms with Crippen LogP contribution in [0.15, 0.2) is 46.9 Å². The molecule has 0 N–H and O–H groups in total. The van der Waals surface area contributed by atoms with Crippen LogP contribution >= 0.6 is 15.9 Å². The van der Waals surface area contributed by atoms with Crippen molar-refractivity contribution in [1.82, 2.24) is 20.2 Å². The molecule has 124 valence electrons. The third kappa shape index (κ3) is 3.61. The Morgan fingerprint density at radius 2 is 1.88 bits per heavy atom. The SMILES string of the molecule is Fc1cc(Br)ccc1Cn1nnc(-c2cccc(C(F)(F)F)c2)n1. The van der Waals surface area contributed by atoms with Gasteiger partial charge in [-0.2, -0.15) is 18.0 Å². The van der Waals surface area contributed by atoms with Crippen molar-refractivity contribution in [1.29, 1.82) is 0 Å². The number of halogens is 5. The van der Waals surface area contributed by atoms with Crippen molar-refractivity contribution >= 4 is 15.9 Å². The molecule has 0 saturated heterocycles. The predicted molar refractivity (Wildman–Crippen MR) is 81.5 cm³/mol. The maximum atomic E-state index is 13.8. The summed E-state index contributed by atoms with van der Waals surface area (Å²) < 4.78 is 52.6. The summed E-state index contributed by atoms with van der Waals surface area (Å²) in [7, 11) is 0. The summed E-state index contributed by atoms with van der Waals surface area (Å²) in [5, 5.41) is 11.5. The van der Waals surface area contributed by atoms with Crippen molar-refractivity contribution in [3.8, 4) is 11.4 Å². The first-order valence-electron chi connectivity index (χ1n) is 6.72. The summed E-state index contributed by atoms with van der Waals surface area (Å²) in [4.78, 5) is 1.13. The molecule has 0 saturated carbocycles. The minimum Gasteiger partial charge on any atom is -0.207 e. The Balaban J connectivity index is 1.86. The summed E-state index contributed by atoms with van der Waals surface area (Å²) in [6.45, 7) is 0.0189. The van der Waals surface area contributed by atoms with Crippen molar-refractivity contribution in [3.63, 3.8) is 0 Å². The van der Waals surface area contributed by atoms with Crippen LogP contribution in [0.1, 0.15) is 11.1 Å². The van der Waals surface area contributed by atoms with Crippen LogP contribution in [0.4, 0.5) is 17.6 Å². The summed E-state index contributed by atoms with van der Waals surface area (Å²) in [6, 6.07) is 9.17. The quantitative estimate of drug-likeness (QED) is 0.615. The number of hydrogen-bond donors (Lipinski definition) is 0. The maximum absolute atomic E-state index is 13.8. The van der Waals surface area contributed by atoms with Gasteiger partial charge in [-0.1, -0.05) is 34.1 Å². The van der Waals surface area contributed by atoms with Crippen LogP contribution in [-0.4, -0.2) is 20.2 Å². The number of tetrazole rings is 1. The minimum atomic E-state index is -4.45. The predicted octanol–water partition coefficient (Wildman–Crippen LogP) is 4.31. The van der Waals surface area contributed by atoms with Gasteiger partial charge >= 0.3 is 6.18 Å². The summed E-state index contributed by atoms with van der Waals surface area (Å²) in [5.74, 6) is -0.402. The zero-order valence-electron chi connectivity index (χ0n) is 11.9. The van der Waals surface area contributed by atoms with Gasteiger partial charge in [-0.25, -0.2) is 4.39 Å². The van der Waals surface area contributed by atoms with Crippen LogP contribution in [0.5, 0.6) is 0 Å². The molecular weight excluding hydrogens is 392 g/mol. The van der Waals surface area contributed by atoms with Gasteiger partial charge in [0.25, 0.3) is 0 Å². The van der Waals surface area contributed by atoms with E-state index in [1.165, 1.54) is 18.2 Å². The fraction of sp³-hybridized carbons (Fsp3) is 0.133. The highest BCUT2D eigenvalue weighted by Gasteiger charge is 2.30. The van der Waals surface area contributed by atoms with E-state index in [1.54, 1.807) is 12.1 Å². The second kappa shape index (κ2) is 6.31. The van der Waals surface area contributed by atoms with Crippen LogP contribution < -0.4 is 0 Å². The van der Waals surface area contributed by atoms with E-state index in [2.05, 4.69) is 31.3 Å². The van der Waals surface area contributed by atoms with Crippen LogP contribution in [0, 0.1) is 5.82 Å². The number of benzene rings is 2. The van der Waals surface area contributed by atoms with Crippen LogP contribution in [0.2, 0.25) is 0 Å². The van der Waals surface area contributed by atoms with E-state index in [0.29, 0.717) is 10.0 Å². The topological polar surface area (TPSA) is 43.6 Å². The van der Waals surface area contributed by atoms with E-state index < -0.39 is 17.6 Å². The number of nitrogens with zero attached hydrogens (tertiary/aromatic N) is 4. The smallest absolute Gasteiger partial charge is 0.207 e. The monoisotopic (exact) mass is 400 g/mol. The zero-order valence-corrected chi connectivity index (χ0v) is 13.5. The molecule has 24 heavy (non-hydrogen) atoms. The van der Waals surface area contributed by atoms with Crippen molar-refractivity contribution in [2.45, 2.75) is 12.7 Å². The molecule has 0 unspecified atom stereocenters. The normalized spacial score (nSPS) is 11.7. The van der Waals surface area contributed by atoms with E-state index >= 15 is 0 Å². The highest BCUT2D eigenvalue weighted by atomic mass is 79.9. The van der Waals surface area contributed by atoms with E-state index in [1.807, 2.05) is 0 Å². The molecule has 0 amide bonds. The largest absolute Gasteiger partial charge is 0.416 e. The molecule has 1 aromatic heterocycles. The lowest BCUT2D eigenvalue weighted by Gasteiger charge is -2.06. The molecule has 1 heterocycles. The van der Waals surface area contributed by atoms with Gasteiger partial charge in [0.15, 0.2) is 0 Å². The number of aromatic nitrogens is 4. The Bertz CT molecular complexity index is 876. The van der Waals surface area contributed by atoms with Crippen molar-refractivity contribution < 1.29 is 17.6 Å². The Labute approximate surface area is 142 Å². The molecule has 3 rings (SSSR count). The molecule has 4 nitrogen and oxygen atoms in total. The number of alkyl halides is 3. The first kappa shape index (κ1) is 16.6. The van der Waals surface area contributed by atoms with Gasteiger partial charge in [0.1, 0.15) is 5.82 Å². The van der Waals surface area contributed by atoms with Crippen LogP contribution in [0.25, 0.3) is 11.4 Å². The highest BCUT2D eigenvalue weighted by molar-refractivity contribution is 9.10. The van der Waals surface area contributed by atoms with Gasteiger partial charge in [-0.15, -0.1) is 10.2 Å². The first-order chi connectivity index (χ1) is 11.3. The van der Waals surface area contributed by atoms with E-state index in [0.717, 1.165) is 16.9 Å². The molecule has 2 aromatic carbocycles. The second-order valence-electron chi connectivity index (χ2n) is 4.96. The van der Waals surface area contributed by atoms with Gasteiger partial charge in [-0.3, -0.25) is 0 Å². The van der Waals surface area contributed by atoms with Gasteiger partial charge < -0.3 is 0 Å². The molecule has 0 fully saturated rings. The van der Waals surface area contributed by atoms with E-state index in [9.17, 15) is 17.6 Å². The summed E-state index contributed by atoms with van der Waals surface area (Å²) >= 11 is 3.16. The van der Waals surface area contributed by atoms with Crippen LogP contribution in [-0.2, 0) is 12.7 Å². The first-order valence-corrected chi connectivity index (χ1v) is 7.51. The lowest BCUT2D eigenvalue weighted by atomic mass is 10.1. The molecule has 0 radical (unpaired) electrons. The lowest BCUT2D eigenvalue weighted by Crippen LogP contribution is -2.06. The Morgan fingerprint density at radius 3 is 2.58 bits per heavy atom. The maximum Gasteiger partial charge on any atom is 0.416 e.